The van der Waals surface area contributed by atoms with Crippen molar-refractivity contribution < 1.29 is 18.9 Å². The highest BCUT2D eigenvalue weighted by atomic mass is 16.5. The van der Waals surface area contributed by atoms with E-state index in [0.29, 0.717) is 13.2 Å². The number of hydrogen-bond acceptors (Lipinski definition) is 4. The van der Waals surface area contributed by atoms with Crippen molar-refractivity contribution in [1.82, 2.24) is 0 Å². The van der Waals surface area contributed by atoms with Crippen molar-refractivity contribution in [1.29, 1.82) is 0 Å². The second kappa shape index (κ2) is 10.8. The number of ether oxygens (including phenoxy) is 4. The first-order chi connectivity index (χ1) is 18.1. The van der Waals surface area contributed by atoms with E-state index in [1.165, 1.54) is 44.5 Å². The highest BCUT2D eigenvalue weighted by Crippen LogP contribution is 2.54. The molecule has 0 saturated carbocycles. The molecule has 190 valence electrons. The van der Waals surface area contributed by atoms with Gasteiger partial charge in [0.25, 0.3) is 0 Å². The third kappa shape index (κ3) is 4.63. The van der Waals surface area contributed by atoms with Gasteiger partial charge in [0, 0.05) is 32.8 Å². The highest BCUT2D eigenvalue weighted by Gasteiger charge is 2.43. The quantitative estimate of drug-likeness (QED) is 0.231. The molecular weight excluding hydrogens is 460 g/mol. The number of rotatable bonds is 10. The van der Waals surface area contributed by atoms with Gasteiger partial charge in [-0.25, -0.2) is 0 Å². The molecule has 4 nitrogen and oxygen atoms in total. The van der Waals surface area contributed by atoms with Crippen LogP contribution in [0.15, 0.2) is 84.9 Å². The smallest absolute Gasteiger partial charge is 0.118 e. The maximum absolute atomic E-state index is 5.65. The van der Waals surface area contributed by atoms with Crippen LogP contribution < -0.4 is 9.47 Å². The van der Waals surface area contributed by atoms with Gasteiger partial charge in [0.1, 0.15) is 11.5 Å². The van der Waals surface area contributed by atoms with E-state index in [4.69, 9.17) is 18.9 Å². The molecule has 4 heteroatoms. The van der Waals surface area contributed by atoms with Crippen LogP contribution in [0.4, 0.5) is 0 Å². The summed E-state index contributed by atoms with van der Waals surface area (Å²) >= 11 is 0. The van der Waals surface area contributed by atoms with Crippen molar-refractivity contribution in [2.24, 2.45) is 0 Å². The average molecular weight is 495 g/mol. The summed E-state index contributed by atoms with van der Waals surface area (Å²) in [5.74, 6) is 1.72. The van der Waals surface area contributed by atoms with E-state index >= 15 is 0 Å². The molecule has 4 aromatic carbocycles. The molecular formula is C33H34O4. The Bertz CT molecular complexity index is 1250. The van der Waals surface area contributed by atoms with E-state index in [1.54, 1.807) is 28.4 Å². The van der Waals surface area contributed by atoms with Crippen molar-refractivity contribution >= 4 is 0 Å². The van der Waals surface area contributed by atoms with Gasteiger partial charge in [-0.05, 0) is 93.7 Å². The molecule has 0 bridgehead atoms. The van der Waals surface area contributed by atoms with Crippen molar-refractivity contribution in [2.45, 2.75) is 18.3 Å². The van der Waals surface area contributed by atoms with Gasteiger partial charge in [-0.2, -0.15) is 0 Å². The van der Waals surface area contributed by atoms with Gasteiger partial charge in [-0.15, -0.1) is 0 Å². The molecule has 37 heavy (non-hydrogen) atoms. The zero-order chi connectivity index (χ0) is 25.8. The minimum atomic E-state index is -0.207. The van der Waals surface area contributed by atoms with Crippen LogP contribution in [0.1, 0.15) is 24.0 Å². The summed E-state index contributed by atoms with van der Waals surface area (Å²) in [6, 6.07) is 30.3. The Balaban J connectivity index is 1.66. The summed E-state index contributed by atoms with van der Waals surface area (Å²) in [6.07, 6.45) is 1.76. The first-order valence-electron chi connectivity index (χ1n) is 12.7. The van der Waals surface area contributed by atoms with E-state index in [2.05, 4.69) is 60.7 Å². The van der Waals surface area contributed by atoms with Crippen molar-refractivity contribution in [3.63, 3.8) is 0 Å². The van der Waals surface area contributed by atoms with E-state index < -0.39 is 0 Å². The van der Waals surface area contributed by atoms with E-state index in [9.17, 15) is 0 Å². The summed E-state index contributed by atoms with van der Waals surface area (Å²) in [5.41, 5.74) is 9.81. The van der Waals surface area contributed by atoms with Gasteiger partial charge in [0.05, 0.1) is 14.2 Å². The van der Waals surface area contributed by atoms with Gasteiger partial charge in [-0.3, -0.25) is 0 Å². The lowest BCUT2D eigenvalue weighted by Gasteiger charge is -2.32. The lowest BCUT2D eigenvalue weighted by Crippen LogP contribution is -2.29. The number of hydrogen-bond donors (Lipinski definition) is 0. The van der Waals surface area contributed by atoms with Gasteiger partial charge in [0.2, 0.25) is 0 Å². The Morgan fingerprint density at radius 2 is 0.865 bits per heavy atom. The molecule has 0 aromatic heterocycles. The molecule has 0 saturated heterocycles. The monoisotopic (exact) mass is 494 g/mol. The third-order valence-corrected chi connectivity index (χ3v) is 7.67. The molecule has 0 radical (unpaired) electrons. The molecule has 5 rings (SSSR count). The van der Waals surface area contributed by atoms with Gasteiger partial charge in [0.15, 0.2) is 0 Å². The Labute approximate surface area is 219 Å². The first kappa shape index (κ1) is 25.1. The second-order valence-corrected chi connectivity index (χ2v) is 9.55. The van der Waals surface area contributed by atoms with Crippen LogP contribution in [0.2, 0.25) is 0 Å². The SMILES string of the molecule is COCCC1(CCOC)c2cc(-c3ccc(OC)cc3)ccc2-c2ccc(-c3ccc(OC)cc3)cc21. The molecule has 1 aliphatic rings. The zero-order valence-corrected chi connectivity index (χ0v) is 22.0. The Hall–Kier alpha value is -3.60. The molecule has 0 amide bonds. The lowest BCUT2D eigenvalue weighted by atomic mass is 9.72. The fourth-order valence-electron chi connectivity index (χ4n) is 5.64. The Morgan fingerprint density at radius 1 is 0.486 bits per heavy atom. The maximum atomic E-state index is 5.65. The van der Waals surface area contributed by atoms with Crippen LogP contribution >= 0.6 is 0 Å². The molecule has 0 spiro atoms. The normalized spacial score (nSPS) is 13.2. The van der Waals surface area contributed by atoms with E-state index in [-0.39, 0.29) is 5.41 Å². The molecule has 0 heterocycles. The molecule has 0 aliphatic heterocycles. The standard InChI is InChI=1S/C33H34O4/c1-34-19-17-33(18-20-35-2)31-21-25(23-5-11-27(36-3)12-6-23)9-15-29(31)30-16-10-26(22-32(30)33)24-7-13-28(37-4)14-8-24/h5-16,21-22H,17-20H2,1-4H3. The van der Waals surface area contributed by atoms with Gasteiger partial charge in [-0.1, -0.05) is 48.5 Å². The largest absolute Gasteiger partial charge is 0.497 e. The first-order valence-corrected chi connectivity index (χ1v) is 12.7. The third-order valence-electron chi connectivity index (χ3n) is 7.67. The summed E-state index contributed by atoms with van der Waals surface area (Å²) in [6.45, 7) is 1.34. The highest BCUT2D eigenvalue weighted by molar-refractivity contribution is 5.86. The molecule has 4 aromatic rings. The van der Waals surface area contributed by atoms with Crippen molar-refractivity contribution in [2.75, 3.05) is 41.7 Å². The van der Waals surface area contributed by atoms with E-state index in [0.717, 1.165) is 24.3 Å². The number of benzene rings is 4. The maximum Gasteiger partial charge on any atom is 0.118 e. The van der Waals surface area contributed by atoms with Crippen LogP contribution in [0.5, 0.6) is 11.5 Å². The summed E-state index contributed by atoms with van der Waals surface area (Å²) in [7, 11) is 6.95. The number of fused-ring (bicyclic) bond motifs is 3. The molecule has 0 fully saturated rings. The summed E-state index contributed by atoms with van der Waals surface area (Å²) in [5, 5.41) is 0. The van der Waals surface area contributed by atoms with Crippen LogP contribution in [-0.2, 0) is 14.9 Å². The van der Waals surface area contributed by atoms with E-state index in [1.807, 2.05) is 24.3 Å². The molecule has 0 N–H and O–H groups in total. The van der Waals surface area contributed by atoms with Crippen LogP contribution in [0, 0.1) is 0 Å². The zero-order valence-electron chi connectivity index (χ0n) is 22.0. The minimum Gasteiger partial charge on any atom is -0.497 e. The lowest BCUT2D eigenvalue weighted by molar-refractivity contribution is 0.145. The topological polar surface area (TPSA) is 36.9 Å². The van der Waals surface area contributed by atoms with Gasteiger partial charge < -0.3 is 18.9 Å². The van der Waals surface area contributed by atoms with Gasteiger partial charge >= 0.3 is 0 Å². The van der Waals surface area contributed by atoms with Crippen molar-refractivity contribution in [3.8, 4) is 44.9 Å². The molecule has 1 aliphatic carbocycles. The van der Waals surface area contributed by atoms with Crippen LogP contribution in [0.25, 0.3) is 33.4 Å². The fraction of sp³-hybridized carbons (Fsp3) is 0.273. The van der Waals surface area contributed by atoms with Crippen LogP contribution in [0.3, 0.4) is 0 Å². The molecule has 0 atom stereocenters. The predicted octanol–water partition coefficient (Wildman–Crippen LogP) is 7.38. The fourth-order valence-corrected chi connectivity index (χ4v) is 5.64. The Morgan fingerprint density at radius 3 is 1.22 bits per heavy atom. The average Bonchev–Trinajstić information content (AvgIpc) is 3.23. The molecule has 0 unspecified atom stereocenters. The van der Waals surface area contributed by atoms with Crippen LogP contribution in [-0.4, -0.2) is 41.7 Å². The second-order valence-electron chi connectivity index (χ2n) is 9.55. The summed E-state index contributed by atoms with van der Waals surface area (Å²) < 4.78 is 22.0. The minimum absolute atomic E-state index is 0.207. The number of methoxy groups -OCH3 is 4. The summed E-state index contributed by atoms with van der Waals surface area (Å²) in [4.78, 5) is 0. The Kier molecular flexibility index (Phi) is 7.31. The van der Waals surface area contributed by atoms with Crippen molar-refractivity contribution in [3.05, 3.63) is 96.1 Å². The predicted molar refractivity (Wildman–Crippen MR) is 150 cm³/mol.